The first-order chi connectivity index (χ1) is 16.4. The number of benzene rings is 1. The monoisotopic (exact) mass is 528 g/mol. The van der Waals surface area contributed by atoms with Gasteiger partial charge in [0, 0.05) is 52.8 Å². The van der Waals surface area contributed by atoms with Crippen LogP contribution in [0.5, 0.6) is 5.88 Å². The zero-order chi connectivity index (χ0) is 23.8. The average Bonchev–Trinajstić information content (AvgIpc) is 3.33. The van der Waals surface area contributed by atoms with Crippen LogP contribution in [0.15, 0.2) is 28.7 Å². The Morgan fingerprint density at radius 1 is 1.29 bits per heavy atom. The van der Waals surface area contributed by atoms with Gasteiger partial charge in [-0.2, -0.15) is 0 Å². The molecule has 34 heavy (non-hydrogen) atoms. The highest BCUT2D eigenvalue weighted by Crippen LogP contribution is 2.41. The Balaban J connectivity index is 1.37. The molecule has 8 nitrogen and oxygen atoms in total. The van der Waals surface area contributed by atoms with Gasteiger partial charge in [-0.05, 0) is 43.5 Å². The number of carbonyl (C=O) groups excluding carboxylic acids is 1. The zero-order valence-electron chi connectivity index (χ0n) is 19.1. The minimum atomic E-state index is -0.644. The van der Waals surface area contributed by atoms with E-state index in [1.54, 1.807) is 0 Å². The number of amides is 1. The lowest BCUT2D eigenvalue weighted by molar-refractivity contribution is 0.0149. The number of aromatic amines is 2. The zero-order valence-corrected chi connectivity index (χ0v) is 20.7. The molecule has 1 aliphatic carbocycles. The van der Waals surface area contributed by atoms with Crippen LogP contribution in [-0.2, 0) is 11.2 Å². The third-order valence-corrected chi connectivity index (χ3v) is 7.10. The molecular formula is C25H29BrN4O4. The number of halogens is 1. The summed E-state index contributed by atoms with van der Waals surface area (Å²) in [7, 11) is 0. The predicted molar refractivity (Wildman–Crippen MR) is 134 cm³/mol. The van der Waals surface area contributed by atoms with Crippen molar-refractivity contribution in [3.8, 4) is 5.88 Å². The van der Waals surface area contributed by atoms with Crippen molar-refractivity contribution in [1.29, 1.82) is 0 Å². The first kappa shape index (κ1) is 23.2. The number of allylic oxidation sites excluding steroid dienone is 1. The molecule has 1 atom stereocenters. The van der Waals surface area contributed by atoms with E-state index < -0.39 is 6.10 Å². The lowest BCUT2D eigenvalue weighted by atomic mass is 9.89. The Hall–Kier alpha value is -2.59. The molecule has 5 rings (SSSR count). The van der Waals surface area contributed by atoms with Gasteiger partial charge in [-0.25, -0.2) is 0 Å². The van der Waals surface area contributed by atoms with Crippen molar-refractivity contribution in [2.45, 2.75) is 25.9 Å². The number of nitrogens with one attached hydrogen (secondary N) is 3. The van der Waals surface area contributed by atoms with Crippen LogP contribution < -0.4 is 5.32 Å². The number of aliphatic hydroxyl groups excluding tert-OH is 1. The number of rotatable bonds is 6. The highest BCUT2D eigenvalue weighted by molar-refractivity contribution is 9.10. The number of carbonyl (C=O) groups is 1. The Labute approximate surface area is 206 Å². The van der Waals surface area contributed by atoms with E-state index in [2.05, 4.69) is 42.2 Å². The molecule has 3 heterocycles. The van der Waals surface area contributed by atoms with Crippen LogP contribution in [0.4, 0.5) is 0 Å². The summed E-state index contributed by atoms with van der Waals surface area (Å²) in [5.41, 5.74) is 5.67. The van der Waals surface area contributed by atoms with Gasteiger partial charge in [-0.3, -0.25) is 9.69 Å². The van der Waals surface area contributed by atoms with Gasteiger partial charge in [-0.15, -0.1) is 0 Å². The normalized spacial score (nSPS) is 17.4. The second-order valence-electron chi connectivity index (χ2n) is 8.95. The minimum Gasteiger partial charge on any atom is -0.494 e. The first-order valence-corrected chi connectivity index (χ1v) is 12.4. The number of morpholine rings is 1. The van der Waals surface area contributed by atoms with Gasteiger partial charge in [0.15, 0.2) is 5.88 Å². The summed E-state index contributed by atoms with van der Waals surface area (Å²) in [6.45, 7) is 5.52. The number of nitrogens with zero attached hydrogens (tertiary/aromatic N) is 1. The molecule has 2 aromatic heterocycles. The SMILES string of the molecule is Cc1[nH]c2c(c1C(=O)NCC(O)CN1CCOCC1)CCC=C2c1c(O)[nH]c2ccc(Br)cc12. The summed E-state index contributed by atoms with van der Waals surface area (Å²) in [4.78, 5) is 21.7. The number of hydrogen-bond acceptors (Lipinski definition) is 5. The van der Waals surface area contributed by atoms with Gasteiger partial charge in [0.05, 0.1) is 36.1 Å². The lowest BCUT2D eigenvalue weighted by Crippen LogP contribution is -2.44. The van der Waals surface area contributed by atoms with Crippen LogP contribution in [0.2, 0.25) is 0 Å². The van der Waals surface area contributed by atoms with Gasteiger partial charge >= 0.3 is 0 Å². The quantitative estimate of drug-likeness (QED) is 0.337. The van der Waals surface area contributed by atoms with Gasteiger partial charge < -0.3 is 30.2 Å². The van der Waals surface area contributed by atoms with Crippen LogP contribution in [0.25, 0.3) is 16.5 Å². The maximum Gasteiger partial charge on any atom is 0.253 e. The molecule has 9 heteroatoms. The summed E-state index contributed by atoms with van der Waals surface area (Å²) in [6, 6.07) is 5.83. The number of hydrogen-bond donors (Lipinski definition) is 5. The summed E-state index contributed by atoms with van der Waals surface area (Å²) in [5, 5.41) is 25.0. The average molecular weight is 529 g/mol. The van der Waals surface area contributed by atoms with Gasteiger partial charge in [0.1, 0.15) is 0 Å². The molecule has 3 aromatic rings. The van der Waals surface area contributed by atoms with E-state index in [9.17, 15) is 15.0 Å². The van der Waals surface area contributed by atoms with E-state index in [1.165, 1.54) is 0 Å². The fourth-order valence-corrected chi connectivity index (χ4v) is 5.38. The largest absolute Gasteiger partial charge is 0.494 e. The predicted octanol–water partition coefficient (Wildman–Crippen LogP) is 3.07. The number of β-amino-alcohol motifs (C(OH)–C–C–N with tert-alkyl or cyclic N) is 1. The van der Waals surface area contributed by atoms with Crippen molar-refractivity contribution < 1.29 is 19.7 Å². The molecular weight excluding hydrogens is 500 g/mol. The molecule has 1 amide bonds. The van der Waals surface area contributed by atoms with Crippen molar-refractivity contribution in [3.05, 3.63) is 56.8 Å². The Bertz CT molecular complexity index is 1260. The van der Waals surface area contributed by atoms with Crippen LogP contribution in [0.1, 0.15) is 39.3 Å². The number of fused-ring (bicyclic) bond motifs is 2. The van der Waals surface area contributed by atoms with Crippen LogP contribution >= 0.6 is 15.9 Å². The van der Waals surface area contributed by atoms with E-state index in [0.29, 0.717) is 25.3 Å². The van der Waals surface area contributed by atoms with Gasteiger partial charge in [-0.1, -0.05) is 22.0 Å². The van der Waals surface area contributed by atoms with Crippen molar-refractivity contribution in [3.63, 3.8) is 0 Å². The maximum atomic E-state index is 13.2. The van der Waals surface area contributed by atoms with Crippen LogP contribution in [0, 0.1) is 6.92 Å². The Morgan fingerprint density at radius 2 is 2.09 bits per heavy atom. The number of aliphatic hydroxyl groups is 1. The molecule has 5 N–H and O–H groups in total. The molecule has 180 valence electrons. The lowest BCUT2D eigenvalue weighted by Gasteiger charge is -2.28. The van der Waals surface area contributed by atoms with E-state index >= 15 is 0 Å². The van der Waals surface area contributed by atoms with Gasteiger partial charge in [0.25, 0.3) is 5.91 Å². The summed E-state index contributed by atoms with van der Waals surface area (Å²) in [6.07, 6.45) is 2.96. The standard InChI is InChI=1S/C25H29BrN4O4/c1-14-21(24(32)27-12-16(31)13-30-7-9-34-10-8-30)17-3-2-4-18(23(17)28-14)22-19-11-15(26)5-6-20(19)29-25(22)33/h4-6,11,16,28-29,31,33H,2-3,7-10,12-13H2,1H3,(H,27,32). The van der Waals surface area contributed by atoms with Crippen LogP contribution in [0.3, 0.4) is 0 Å². The Morgan fingerprint density at radius 3 is 2.88 bits per heavy atom. The van der Waals surface area contributed by atoms with E-state index in [-0.39, 0.29) is 18.3 Å². The summed E-state index contributed by atoms with van der Waals surface area (Å²) < 4.78 is 6.27. The van der Waals surface area contributed by atoms with Crippen molar-refractivity contribution in [2.24, 2.45) is 0 Å². The van der Waals surface area contributed by atoms with Crippen LogP contribution in [-0.4, -0.2) is 76.5 Å². The molecule has 1 unspecified atom stereocenters. The Kier molecular flexibility index (Phi) is 6.52. The third-order valence-electron chi connectivity index (χ3n) is 6.61. The molecule has 0 bridgehead atoms. The van der Waals surface area contributed by atoms with E-state index in [1.807, 2.05) is 25.1 Å². The molecule has 0 radical (unpaired) electrons. The molecule has 0 saturated carbocycles. The first-order valence-electron chi connectivity index (χ1n) is 11.6. The molecule has 1 fully saturated rings. The van der Waals surface area contributed by atoms with Gasteiger partial charge in [0.2, 0.25) is 0 Å². The highest BCUT2D eigenvalue weighted by Gasteiger charge is 2.28. The second kappa shape index (κ2) is 9.58. The van der Waals surface area contributed by atoms with Crippen molar-refractivity contribution in [2.75, 3.05) is 39.4 Å². The van der Waals surface area contributed by atoms with E-state index in [4.69, 9.17) is 4.74 Å². The molecule has 2 aliphatic rings. The van der Waals surface area contributed by atoms with Crippen molar-refractivity contribution >= 4 is 38.3 Å². The third kappa shape index (κ3) is 4.40. The minimum absolute atomic E-state index is 0.108. The fraction of sp³-hybridized carbons (Fsp3) is 0.400. The fourth-order valence-electron chi connectivity index (χ4n) is 5.02. The number of H-pyrrole nitrogens is 2. The smallest absolute Gasteiger partial charge is 0.253 e. The number of aromatic hydroxyl groups is 1. The molecule has 1 aliphatic heterocycles. The molecule has 0 spiro atoms. The number of ether oxygens (including phenoxy) is 1. The number of aromatic nitrogens is 2. The number of aryl methyl sites for hydroxylation is 1. The summed E-state index contributed by atoms with van der Waals surface area (Å²) in [5.74, 6) is -0.0835. The topological polar surface area (TPSA) is 114 Å². The highest BCUT2D eigenvalue weighted by atomic mass is 79.9. The molecule has 1 saturated heterocycles. The van der Waals surface area contributed by atoms with Crippen molar-refractivity contribution in [1.82, 2.24) is 20.2 Å². The maximum absolute atomic E-state index is 13.2. The molecule has 1 aromatic carbocycles. The second-order valence-corrected chi connectivity index (χ2v) is 9.87. The summed E-state index contributed by atoms with van der Waals surface area (Å²) >= 11 is 3.52. The van der Waals surface area contributed by atoms with E-state index in [0.717, 1.165) is 69.4 Å².